The van der Waals surface area contributed by atoms with Gasteiger partial charge in [-0.3, -0.25) is 0 Å². The van der Waals surface area contributed by atoms with Crippen LogP contribution in [0.4, 0.5) is 16.2 Å². The SMILES string of the molecule is COc1ccc(NC(=O)Nc2ccc(Br)c(C)c2)c(C)c1. The van der Waals surface area contributed by atoms with Crippen LogP contribution in [-0.4, -0.2) is 13.1 Å². The molecule has 0 radical (unpaired) electrons. The zero-order valence-corrected chi connectivity index (χ0v) is 13.7. The van der Waals surface area contributed by atoms with Crippen LogP contribution in [0.5, 0.6) is 5.75 Å². The molecule has 0 fully saturated rings. The highest BCUT2D eigenvalue weighted by Gasteiger charge is 2.06. The van der Waals surface area contributed by atoms with Crippen LogP contribution < -0.4 is 15.4 Å². The summed E-state index contributed by atoms with van der Waals surface area (Å²) in [4.78, 5) is 12.0. The summed E-state index contributed by atoms with van der Waals surface area (Å²) in [6.07, 6.45) is 0. The van der Waals surface area contributed by atoms with Gasteiger partial charge in [-0.1, -0.05) is 15.9 Å². The molecule has 2 amide bonds. The van der Waals surface area contributed by atoms with Gasteiger partial charge in [-0.2, -0.15) is 0 Å². The Balaban J connectivity index is 2.06. The van der Waals surface area contributed by atoms with Crippen LogP contribution in [0.2, 0.25) is 0 Å². The average Bonchev–Trinajstić information content (AvgIpc) is 2.45. The molecule has 0 aliphatic carbocycles. The molecule has 0 unspecified atom stereocenters. The number of nitrogens with one attached hydrogen (secondary N) is 2. The molecular formula is C16H17BrN2O2. The van der Waals surface area contributed by atoms with Crippen molar-refractivity contribution in [3.8, 4) is 5.75 Å². The molecule has 0 saturated heterocycles. The number of ether oxygens (including phenoxy) is 1. The number of anilines is 2. The van der Waals surface area contributed by atoms with E-state index < -0.39 is 0 Å². The fraction of sp³-hybridized carbons (Fsp3) is 0.188. The standard InChI is InChI=1S/C16H17BrN2O2/c1-10-8-12(4-6-14(10)17)18-16(20)19-15-7-5-13(21-3)9-11(15)2/h4-9H,1-3H3,(H2,18,19,20). The van der Waals surface area contributed by atoms with Crippen molar-refractivity contribution in [2.45, 2.75) is 13.8 Å². The third kappa shape index (κ3) is 3.98. The van der Waals surface area contributed by atoms with Crippen LogP contribution in [0.25, 0.3) is 0 Å². The number of amides is 2. The molecule has 2 N–H and O–H groups in total. The highest BCUT2D eigenvalue weighted by molar-refractivity contribution is 9.10. The third-order valence-corrected chi connectivity index (χ3v) is 3.99. The highest BCUT2D eigenvalue weighted by atomic mass is 79.9. The Morgan fingerprint density at radius 1 is 1.05 bits per heavy atom. The van der Waals surface area contributed by atoms with Crippen LogP contribution in [0.3, 0.4) is 0 Å². The Morgan fingerprint density at radius 3 is 2.43 bits per heavy atom. The predicted molar refractivity (Wildman–Crippen MR) is 89.3 cm³/mol. The first-order valence-electron chi connectivity index (χ1n) is 6.48. The molecule has 21 heavy (non-hydrogen) atoms. The predicted octanol–water partition coefficient (Wildman–Crippen LogP) is 4.72. The normalized spacial score (nSPS) is 10.1. The molecule has 0 atom stereocenters. The minimum Gasteiger partial charge on any atom is -0.497 e. The lowest BCUT2D eigenvalue weighted by molar-refractivity contribution is 0.262. The Hall–Kier alpha value is -2.01. The topological polar surface area (TPSA) is 50.4 Å². The second-order valence-electron chi connectivity index (χ2n) is 4.72. The quantitative estimate of drug-likeness (QED) is 0.843. The summed E-state index contributed by atoms with van der Waals surface area (Å²) < 4.78 is 6.16. The number of carbonyl (C=O) groups is 1. The molecule has 0 spiro atoms. The van der Waals surface area contributed by atoms with E-state index in [1.165, 1.54) is 0 Å². The van der Waals surface area contributed by atoms with Crippen molar-refractivity contribution >= 4 is 33.3 Å². The van der Waals surface area contributed by atoms with Gasteiger partial charge in [0.05, 0.1) is 7.11 Å². The molecule has 0 bridgehead atoms. The second kappa shape index (κ2) is 6.63. The summed E-state index contributed by atoms with van der Waals surface area (Å²) in [7, 11) is 1.62. The molecule has 2 aromatic rings. The fourth-order valence-electron chi connectivity index (χ4n) is 1.91. The average molecular weight is 349 g/mol. The molecule has 5 heteroatoms. The lowest BCUT2D eigenvalue weighted by Gasteiger charge is -2.11. The van der Waals surface area contributed by atoms with E-state index in [0.29, 0.717) is 0 Å². The maximum atomic E-state index is 12.0. The molecule has 0 aliphatic rings. The lowest BCUT2D eigenvalue weighted by Crippen LogP contribution is -2.20. The van der Waals surface area contributed by atoms with Gasteiger partial charge in [0.15, 0.2) is 0 Å². The van der Waals surface area contributed by atoms with E-state index >= 15 is 0 Å². The monoisotopic (exact) mass is 348 g/mol. The summed E-state index contributed by atoms with van der Waals surface area (Å²) in [5, 5.41) is 5.64. The number of aryl methyl sites for hydroxylation is 2. The van der Waals surface area contributed by atoms with Gasteiger partial charge < -0.3 is 15.4 Å². The number of halogens is 1. The molecular weight excluding hydrogens is 332 g/mol. The summed E-state index contributed by atoms with van der Waals surface area (Å²) in [6, 6.07) is 10.9. The van der Waals surface area contributed by atoms with Crippen molar-refractivity contribution in [2.24, 2.45) is 0 Å². The summed E-state index contributed by atoms with van der Waals surface area (Å²) in [5.41, 5.74) is 3.51. The summed E-state index contributed by atoms with van der Waals surface area (Å²) in [5.74, 6) is 0.766. The van der Waals surface area contributed by atoms with Gasteiger partial charge in [0.1, 0.15) is 5.75 Å². The molecule has 0 aliphatic heterocycles. The van der Waals surface area contributed by atoms with Crippen LogP contribution in [0, 0.1) is 13.8 Å². The maximum Gasteiger partial charge on any atom is 0.323 e. The molecule has 0 saturated carbocycles. The summed E-state index contributed by atoms with van der Waals surface area (Å²) >= 11 is 3.43. The first-order chi connectivity index (χ1) is 9.99. The largest absolute Gasteiger partial charge is 0.497 e. The van der Waals surface area contributed by atoms with Crippen molar-refractivity contribution in [1.29, 1.82) is 0 Å². The van der Waals surface area contributed by atoms with E-state index in [-0.39, 0.29) is 6.03 Å². The molecule has 2 aromatic carbocycles. The number of hydrogen-bond donors (Lipinski definition) is 2. The molecule has 2 rings (SSSR count). The lowest BCUT2D eigenvalue weighted by atomic mass is 10.2. The maximum absolute atomic E-state index is 12.0. The second-order valence-corrected chi connectivity index (χ2v) is 5.58. The van der Waals surface area contributed by atoms with Gasteiger partial charge >= 0.3 is 6.03 Å². The van der Waals surface area contributed by atoms with Gasteiger partial charge in [0, 0.05) is 15.8 Å². The van der Waals surface area contributed by atoms with Crippen molar-refractivity contribution in [3.63, 3.8) is 0 Å². The first kappa shape index (κ1) is 15.4. The van der Waals surface area contributed by atoms with E-state index in [9.17, 15) is 4.79 Å². The molecule has 4 nitrogen and oxygen atoms in total. The Labute approximate surface area is 132 Å². The van der Waals surface area contributed by atoms with Gasteiger partial charge in [-0.15, -0.1) is 0 Å². The van der Waals surface area contributed by atoms with E-state index in [1.54, 1.807) is 7.11 Å². The zero-order chi connectivity index (χ0) is 15.4. The number of methoxy groups -OCH3 is 1. The van der Waals surface area contributed by atoms with Crippen molar-refractivity contribution in [1.82, 2.24) is 0 Å². The van der Waals surface area contributed by atoms with Crippen LogP contribution in [0.15, 0.2) is 40.9 Å². The van der Waals surface area contributed by atoms with E-state index in [0.717, 1.165) is 32.7 Å². The number of rotatable bonds is 3. The third-order valence-electron chi connectivity index (χ3n) is 3.10. The van der Waals surface area contributed by atoms with Crippen molar-refractivity contribution in [3.05, 3.63) is 52.0 Å². The number of benzene rings is 2. The molecule has 110 valence electrons. The Bertz CT molecular complexity index is 671. The van der Waals surface area contributed by atoms with Gasteiger partial charge in [-0.25, -0.2) is 4.79 Å². The Morgan fingerprint density at radius 2 is 1.81 bits per heavy atom. The van der Waals surface area contributed by atoms with Gasteiger partial charge in [0.25, 0.3) is 0 Å². The minimum absolute atomic E-state index is 0.273. The molecule has 0 aromatic heterocycles. The van der Waals surface area contributed by atoms with E-state index in [2.05, 4.69) is 26.6 Å². The summed E-state index contributed by atoms with van der Waals surface area (Å²) in [6.45, 7) is 3.89. The van der Waals surface area contributed by atoms with E-state index in [4.69, 9.17) is 4.74 Å². The number of hydrogen-bond acceptors (Lipinski definition) is 2. The van der Waals surface area contributed by atoms with Gasteiger partial charge in [-0.05, 0) is 61.4 Å². The Kier molecular flexibility index (Phi) is 4.85. The zero-order valence-electron chi connectivity index (χ0n) is 12.2. The van der Waals surface area contributed by atoms with Crippen molar-refractivity contribution < 1.29 is 9.53 Å². The van der Waals surface area contributed by atoms with Gasteiger partial charge in [0.2, 0.25) is 0 Å². The van der Waals surface area contributed by atoms with Crippen LogP contribution in [0.1, 0.15) is 11.1 Å². The number of carbonyl (C=O) groups excluding carboxylic acids is 1. The van der Waals surface area contributed by atoms with Crippen LogP contribution >= 0.6 is 15.9 Å². The molecule has 0 heterocycles. The van der Waals surface area contributed by atoms with Crippen molar-refractivity contribution in [2.75, 3.05) is 17.7 Å². The number of urea groups is 1. The van der Waals surface area contributed by atoms with Crippen LogP contribution in [-0.2, 0) is 0 Å². The fourth-order valence-corrected chi connectivity index (χ4v) is 2.16. The minimum atomic E-state index is -0.273. The van der Waals surface area contributed by atoms with E-state index in [1.807, 2.05) is 50.2 Å². The highest BCUT2D eigenvalue weighted by Crippen LogP contribution is 2.22. The first-order valence-corrected chi connectivity index (χ1v) is 7.27. The smallest absolute Gasteiger partial charge is 0.323 e.